The highest BCUT2D eigenvalue weighted by Gasteiger charge is 2.47. The van der Waals surface area contributed by atoms with Gasteiger partial charge in [0.05, 0.1) is 11.7 Å². The molecule has 0 unspecified atom stereocenters. The molecule has 3 N–H and O–H groups in total. The lowest BCUT2D eigenvalue weighted by atomic mass is 10.1. The van der Waals surface area contributed by atoms with Crippen molar-refractivity contribution in [3.05, 3.63) is 29.8 Å². The van der Waals surface area contributed by atoms with E-state index in [1.165, 1.54) is 4.90 Å². The number of ether oxygens (including phenoxy) is 1. The maximum atomic E-state index is 12.8. The van der Waals surface area contributed by atoms with Crippen LogP contribution in [0.5, 0.6) is 0 Å². The smallest absolute Gasteiger partial charge is 0.409 e. The van der Waals surface area contributed by atoms with E-state index in [2.05, 4.69) is 12.2 Å². The van der Waals surface area contributed by atoms with Gasteiger partial charge in [0.15, 0.2) is 5.72 Å². The zero-order valence-corrected chi connectivity index (χ0v) is 14.7. The van der Waals surface area contributed by atoms with Gasteiger partial charge in [-0.05, 0) is 31.4 Å². The number of nitrogens with zero attached hydrogens (tertiary/aromatic N) is 1. The zero-order chi connectivity index (χ0) is 17.7. The topological polar surface area (TPSA) is 84.7 Å². The molecule has 1 aliphatic heterocycles. The maximum absolute atomic E-state index is 12.8. The summed E-state index contributed by atoms with van der Waals surface area (Å²) in [5, 5.41) is 2.73. The fourth-order valence-corrected chi connectivity index (χ4v) is 2.94. The summed E-state index contributed by atoms with van der Waals surface area (Å²) in [5.74, 6) is -0.230. The third kappa shape index (κ3) is 3.70. The number of unbranched alkanes of at least 4 members (excludes halogenated alkanes) is 1. The number of nitrogens with one attached hydrogen (secondary N) is 1. The van der Waals surface area contributed by atoms with Gasteiger partial charge >= 0.3 is 6.09 Å². The Morgan fingerprint density at radius 2 is 2.08 bits per heavy atom. The average Bonchev–Trinajstić information content (AvgIpc) is 2.84. The number of rotatable bonds is 6. The van der Waals surface area contributed by atoms with Crippen molar-refractivity contribution in [3.8, 4) is 0 Å². The Labute approximate surface area is 143 Å². The molecule has 0 aromatic heterocycles. The first kappa shape index (κ1) is 18.3. The molecule has 6 nitrogen and oxygen atoms in total. The van der Waals surface area contributed by atoms with E-state index in [9.17, 15) is 9.59 Å². The molecule has 1 aromatic rings. The van der Waals surface area contributed by atoms with Crippen LogP contribution in [0.1, 0.15) is 45.6 Å². The van der Waals surface area contributed by atoms with Gasteiger partial charge in [0.2, 0.25) is 5.91 Å². The molecule has 1 aromatic carbocycles. The van der Waals surface area contributed by atoms with Gasteiger partial charge in [0.1, 0.15) is 0 Å². The number of hydrogen-bond donors (Lipinski definition) is 2. The number of hydrogen-bond acceptors (Lipinski definition) is 4. The number of alkyl carbamates (subject to hydrolysis) is 1. The van der Waals surface area contributed by atoms with Crippen molar-refractivity contribution < 1.29 is 14.3 Å². The van der Waals surface area contributed by atoms with E-state index in [4.69, 9.17) is 10.5 Å². The van der Waals surface area contributed by atoms with Gasteiger partial charge < -0.3 is 15.8 Å². The third-order valence-electron chi connectivity index (χ3n) is 4.31. The monoisotopic (exact) mass is 333 g/mol. The second-order valence-corrected chi connectivity index (χ2v) is 6.34. The molecule has 0 bridgehead atoms. The van der Waals surface area contributed by atoms with Crippen molar-refractivity contribution in [2.24, 2.45) is 5.73 Å². The second-order valence-electron chi connectivity index (χ2n) is 6.34. The van der Waals surface area contributed by atoms with Gasteiger partial charge in [0, 0.05) is 13.0 Å². The van der Waals surface area contributed by atoms with Crippen molar-refractivity contribution in [1.29, 1.82) is 0 Å². The van der Waals surface area contributed by atoms with Crippen LogP contribution in [0.3, 0.4) is 0 Å². The zero-order valence-electron chi connectivity index (χ0n) is 14.7. The summed E-state index contributed by atoms with van der Waals surface area (Å²) in [6.07, 6.45) is 2.33. The Balaban J connectivity index is 2.23. The van der Waals surface area contributed by atoms with Crippen LogP contribution in [0.15, 0.2) is 24.3 Å². The van der Waals surface area contributed by atoms with Crippen LogP contribution in [0.2, 0.25) is 0 Å². The summed E-state index contributed by atoms with van der Waals surface area (Å²) >= 11 is 0. The molecule has 2 rings (SSSR count). The van der Waals surface area contributed by atoms with Crippen LogP contribution in [-0.4, -0.2) is 30.3 Å². The van der Waals surface area contributed by atoms with Crippen LogP contribution < -0.4 is 16.0 Å². The molecule has 1 heterocycles. The number of fused-ring (bicyclic) bond motifs is 1. The minimum Gasteiger partial charge on any atom is -0.422 e. The van der Waals surface area contributed by atoms with Gasteiger partial charge in [-0.3, -0.25) is 9.69 Å². The fraction of sp³-hybridized carbons (Fsp3) is 0.556. The minimum atomic E-state index is -1.07. The highest BCUT2D eigenvalue weighted by Crippen LogP contribution is 2.40. The number of carbonyl (C=O) groups is 2. The summed E-state index contributed by atoms with van der Waals surface area (Å²) in [6, 6.07) is 6.95. The first-order valence-corrected chi connectivity index (χ1v) is 8.57. The number of nitrogens with two attached hydrogens (primary N) is 1. The second kappa shape index (κ2) is 7.66. The van der Waals surface area contributed by atoms with Gasteiger partial charge in [-0.1, -0.05) is 38.5 Å². The van der Waals surface area contributed by atoms with Crippen LogP contribution >= 0.6 is 0 Å². The van der Waals surface area contributed by atoms with E-state index in [1.54, 1.807) is 6.92 Å². The molecule has 2 atom stereocenters. The fourth-order valence-electron chi connectivity index (χ4n) is 2.94. The lowest BCUT2D eigenvalue weighted by Gasteiger charge is -2.36. The van der Waals surface area contributed by atoms with Gasteiger partial charge in [0.25, 0.3) is 0 Å². The normalized spacial score (nSPS) is 20.4. The molecule has 132 valence electrons. The van der Waals surface area contributed by atoms with E-state index >= 15 is 0 Å². The van der Waals surface area contributed by atoms with Crippen molar-refractivity contribution in [2.45, 2.75) is 58.2 Å². The highest BCUT2D eigenvalue weighted by molar-refractivity contribution is 6.00. The molecular formula is C18H27N3O3. The Morgan fingerprint density at radius 3 is 2.75 bits per heavy atom. The molecule has 2 amide bonds. The SMILES string of the molecule is CCCCNC(=O)O[C@@]1(C)Cc2ccccc2N1C(=O)[C@@H](N)CC. The number of benzene rings is 1. The molecule has 1 aliphatic rings. The summed E-state index contributed by atoms with van der Waals surface area (Å²) in [4.78, 5) is 26.5. The van der Waals surface area contributed by atoms with E-state index < -0.39 is 17.9 Å². The number of para-hydroxylation sites is 1. The summed E-state index contributed by atoms with van der Waals surface area (Å²) in [6.45, 7) is 6.22. The van der Waals surface area contributed by atoms with E-state index in [0.29, 0.717) is 19.4 Å². The summed E-state index contributed by atoms with van der Waals surface area (Å²) < 4.78 is 5.66. The van der Waals surface area contributed by atoms with E-state index in [-0.39, 0.29) is 5.91 Å². The number of carbonyl (C=O) groups excluding carboxylic acids is 2. The summed E-state index contributed by atoms with van der Waals surface area (Å²) in [7, 11) is 0. The molecular weight excluding hydrogens is 306 g/mol. The predicted molar refractivity (Wildman–Crippen MR) is 93.7 cm³/mol. The van der Waals surface area contributed by atoms with Gasteiger partial charge in [-0.15, -0.1) is 0 Å². The standard InChI is InChI=1S/C18H27N3O3/c1-4-6-11-20-17(23)24-18(3)12-13-9-7-8-10-15(13)21(18)16(22)14(19)5-2/h7-10,14H,4-6,11-12,19H2,1-3H3,(H,20,23)/t14-,18-/m0/s1. The third-order valence-corrected chi connectivity index (χ3v) is 4.31. The summed E-state index contributed by atoms with van der Waals surface area (Å²) in [5.41, 5.74) is 6.62. The molecule has 0 spiro atoms. The molecule has 0 saturated heterocycles. The Kier molecular flexibility index (Phi) is 5.83. The van der Waals surface area contributed by atoms with Crippen molar-refractivity contribution >= 4 is 17.7 Å². The van der Waals surface area contributed by atoms with Crippen molar-refractivity contribution in [3.63, 3.8) is 0 Å². The lowest BCUT2D eigenvalue weighted by Crippen LogP contribution is -2.56. The lowest BCUT2D eigenvalue weighted by molar-refractivity contribution is -0.123. The molecule has 24 heavy (non-hydrogen) atoms. The number of amides is 2. The Morgan fingerprint density at radius 1 is 1.38 bits per heavy atom. The van der Waals surface area contributed by atoms with Crippen molar-refractivity contribution in [2.75, 3.05) is 11.4 Å². The van der Waals surface area contributed by atoms with E-state index in [1.807, 2.05) is 31.2 Å². The molecule has 0 saturated carbocycles. The van der Waals surface area contributed by atoms with Crippen LogP contribution in [0.25, 0.3) is 0 Å². The Hall–Kier alpha value is -2.08. The van der Waals surface area contributed by atoms with Crippen molar-refractivity contribution in [1.82, 2.24) is 5.32 Å². The molecule has 0 radical (unpaired) electrons. The Bertz CT molecular complexity index is 605. The molecule has 6 heteroatoms. The quantitative estimate of drug-likeness (QED) is 0.784. The first-order chi connectivity index (χ1) is 11.4. The molecule has 0 fully saturated rings. The van der Waals surface area contributed by atoms with E-state index in [0.717, 1.165) is 24.1 Å². The molecule has 0 aliphatic carbocycles. The van der Waals surface area contributed by atoms with Crippen LogP contribution in [0.4, 0.5) is 10.5 Å². The minimum absolute atomic E-state index is 0.230. The largest absolute Gasteiger partial charge is 0.422 e. The average molecular weight is 333 g/mol. The number of anilines is 1. The van der Waals surface area contributed by atoms with Gasteiger partial charge in [-0.25, -0.2) is 4.79 Å². The first-order valence-electron chi connectivity index (χ1n) is 8.57. The van der Waals surface area contributed by atoms with Crippen LogP contribution in [0, 0.1) is 0 Å². The van der Waals surface area contributed by atoms with Gasteiger partial charge in [-0.2, -0.15) is 0 Å². The predicted octanol–water partition coefficient (Wildman–Crippen LogP) is 2.56. The highest BCUT2D eigenvalue weighted by atomic mass is 16.6. The maximum Gasteiger partial charge on any atom is 0.409 e. The van der Waals surface area contributed by atoms with Crippen LogP contribution in [-0.2, 0) is 16.0 Å².